The lowest BCUT2D eigenvalue weighted by atomic mass is 9.97. The molecular weight excluding hydrogens is 741 g/mol. The van der Waals surface area contributed by atoms with Gasteiger partial charge in [0.1, 0.15) is 11.2 Å². The number of aromatic nitrogens is 1. The monoisotopic (exact) mass is 778 g/mol. The Kier molecular flexibility index (Phi) is 8.17. The average Bonchev–Trinajstić information content (AvgIpc) is 3.89. The topological polar surface area (TPSA) is 21.3 Å². The molecule has 3 heteroatoms. The van der Waals surface area contributed by atoms with Crippen LogP contribution in [0.15, 0.2) is 235 Å². The van der Waals surface area contributed by atoms with E-state index in [-0.39, 0.29) is 0 Å². The molecule has 286 valence electrons. The second-order valence-corrected chi connectivity index (χ2v) is 15.7. The molecule has 12 rings (SSSR count). The Morgan fingerprint density at radius 2 is 0.934 bits per heavy atom. The Bertz CT molecular complexity index is 3540. The van der Waals surface area contributed by atoms with Crippen molar-refractivity contribution >= 4 is 71.6 Å². The van der Waals surface area contributed by atoms with Crippen LogP contribution in [0.2, 0.25) is 0 Å². The summed E-state index contributed by atoms with van der Waals surface area (Å²) in [5, 5.41) is 7.11. The molecule has 0 saturated carbocycles. The number of para-hydroxylation sites is 3. The normalized spacial score (nSPS) is 11.6. The van der Waals surface area contributed by atoms with E-state index in [9.17, 15) is 0 Å². The SMILES string of the molecule is c1ccc(-c2cccc(N(c3cccc(-c4cccc5ccccc45)c3)c3ccc(-c4ccc(-n5c6ccccc6c6ccccc65)cc4)c4oc5ccccc5c34)c2)cc1. The Hall–Kier alpha value is -8.14. The van der Waals surface area contributed by atoms with Gasteiger partial charge in [0.05, 0.1) is 22.1 Å². The van der Waals surface area contributed by atoms with Crippen molar-refractivity contribution in [1.29, 1.82) is 0 Å². The fraction of sp³-hybridized carbons (Fsp3) is 0. The van der Waals surface area contributed by atoms with Crippen LogP contribution >= 0.6 is 0 Å². The maximum absolute atomic E-state index is 6.92. The largest absolute Gasteiger partial charge is 0.455 e. The Morgan fingerprint density at radius 3 is 1.69 bits per heavy atom. The summed E-state index contributed by atoms with van der Waals surface area (Å²) in [5.41, 5.74) is 15.2. The molecule has 0 aliphatic heterocycles. The van der Waals surface area contributed by atoms with Crippen LogP contribution in [-0.4, -0.2) is 4.57 Å². The Morgan fingerprint density at radius 1 is 0.361 bits per heavy atom. The van der Waals surface area contributed by atoms with Gasteiger partial charge in [-0.1, -0.05) is 164 Å². The van der Waals surface area contributed by atoms with E-state index in [1.807, 2.05) is 0 Å². The molecule has 0 saturated heterocycles. The first-order valence-electron chi connectivity index (χ1n) is 20.8. The van der Waals surface area contributed by atoms with Crippen molar-refractivity contribution in [3.63, 3.8) is 0 Å². The molecule has 0 N–H and O–H groups in total. The lowest BCUT2D eigenvalue weighted by Gasteiger charge is -2.28. The van der Waals surface area contributed by atoms with Crippen molar-refractivity contribution in [2.24, 2.45) is 0 Å². The lowest BCUT2D eigenvalue weighted by molar-refractivity contribution is 0.670. The van der Waals surface area contributed by atoms with Crippen LogP contribution in [0.3, 0.4) is 0 Å². The third kappa shape index (κ3) is 5.82. The summed E-state index contributed by atoms with van der Waals surface area (Å²) in [6.07, 6.45) is 0. The van der Waals surface area contributed by atoms with E-state index in [1.54, 1.807) is 0 Å². The molecule has 10 aromatic carbocycles. The second kappa shape index (κ2) is 14.3. The summed E-state index contributed by atoms with van der Waals surface area (Å²) in [6, 6.07) is 82.8. The van der Waals surface area contributed by atoms with Crippen molar-refractivity contribution < 1.29 is 4.42 Å². The van der Waals surface area contributed by atoms with Crippen molar-refractivity contribution in [3.8, 4) is 39.1 Å². The molecule has 0 amide bonds. The molecule has 0 spiro atoms. The van der Waals surface area contributed by atoms with Crippen LogP contribution in [0.1, 0.15) is 0 Å². The predicted octanol–water partition coefficient (Wildman–Crippen LogP) is 16.3. The van der Waals surface area contributed by atoms with Crippen molar-refractivity contribution in [1.82, 2.24) is 4.57 Å². The van der Waals surface area contributed by atoms with Crippen molar-refractivity contribution in [2.45, 2.75) is 0 Å². The van der Waals surface area contributed by atoms with Gasteiger partial charge < -0.3 is 13.9 Å². The number of rotatable bonds is 7. The first-order valence-corrected chi connectivity index (χ1v) is 20.8. The van der Waals surface area contributed by atoms with Crippen LogP contribution in [0.4, 0.5) is 17.1 Å². The van der Waals surface area contributed by atoms with Crippen molar-refractivity contribution in [3.05, 3.63) is 231 Å². The number of furan rings is 1. The number of benzene rings is 10. The van der Waals surface area contributed by atoms with E-state index in [1.165, 1.54) is 43.7 Å². The molecule has 0 fully saturated rings. The number of fused-ring (bicyclic) bond motifs is 7. The molecule has 0 unspecified atom stereocenters. The van der Waals surface area contributed by atoms with Gasteiger partial charge in [0.2, 0.25) is 0 Å². The van der Waals surface area contributed by atoms with E-state index >= 15 is 0 Å². The molecule has 3 nitrogen and oxygen atoms in total. The Labute approximate surface area is 353 Å². The quantitative estimate of drug-likeness (QED) is 0.161. The third-order valence-corrected chi connectivity index (χ3v) is 12.2. The van der Waals surface area contributed by atoms with Crippen LogP contribution in [0, 0.1) is 0 Å². The highest BCUT2D eigenvalue weighted by Crippen LogP contribution is 2.47. The standard InChI is InChI=1S/C58H38N2O/c1-2-15-39(16-3-1)42-19-12-21-45(37-42)59(46-22-13-20-43(38-46)48-27-14-18-40-17-4-5-23-47(40)48)55-36-35-49(58-57(55)52-26-8-11-30-56(52)61-58)41-31-33-44(34-32-41)60-53-28-9-6-24-50(53)51-25-7-10-29-54(51)60/h1-38H. The van der Waals surface area contributed by atoms with Crippen LogP contribution < -0.4 is 4.90 Å². The summed E-state index contributed by atoms with van der Waals surface area (Å²) in [4.78, 5) is 2.40. The predicted molar refractivity (Wildman–Crippen MR) is 257 cm³/mol. The molecule has 12 aromatic rings. The van der Waals surface area contributed by atoms with E-state index < -0.39 is 0 Å². The zero-order chi connectivity index (χ0) is 40.3. The first-order chi connectivity index (χ1) is 30.3. The highest BCUT2D eigenvalue weighted by Gasteiger charge is 2.23. The highest BCUT2D eigenvalue weighted by molar-refractivity contribution is 6.17. The number of hydrogen-bond acceptors (Lipinski definition) is 2. The van der Waals surface area contributed by atoms with E-state index in [0.29, 0.717) is 0 Å². The summed E-state index contributed by atoms with van der Waals surface area (Å²) >= 11 is 0. The van der Waals surface area contributed by atoms with Crippen LogP contribution in [-0.2, 0) is 0 Å². The number of hydrogen-bond donors (Lipinski definition) is 0. The first kappa shape index (κ1) is 34.9. The fourth-order valence-corrected chi connectivity index (χ4v) is 9.39. The minimum absolute atomic E-state index is 0.857. The van der Waals surface area contributed by atoms with E-state index in [2.05, 4.69) is 240 Å². The molecule has 0 aliphatic carbocycles. The van der Waals surface area contributed by atoms with Gasteiger partial charge in [-0.2, -0.15) is 0 Å². The van der Waals surface area contributed by atoms with Gasteiger partial charge >= 0.3 is 0 Å². The molecular formula is C58H38N2O. The zero-order valence-electron chi connectivity index (χ0n) is 33.2. The van der Waals surface area contributed by atoms with E-state index in [0.717, 1.165) is 66.9 Å². The fourth-order valence-electron chi connectivity index (χ4n) is 9.39. The lowest BCUT2D eigenvalue weighted by Crippen LogP contribution is -2.11. The molecule has 0 bridgehead atoms. The van der Waals surface area contributed by atoms with Gasteiger partial charge in [-0.15, -0.1) is 0 Å². The second-order valence-electron chi connectivity index (χ2n) is 15.7. The van der Waals surface area contributed by atoms with Gasteiger partial charge in [0.15, 0.2) is 0 Å². The highest BCUT2D eigenvalue weighted by atomic mass is 16.3. The molecule has 2 aromatic heterocycles. The molecule has 0 radical (unpaired) electrons. The van der Waals surface area contributed by atoms with Gasteiger partial charge in [-0.3, -0.25) is 0 Å². The minimum atomic E-state index is 0.857. The molecule has 0 atom stereocenters. The van der Waals surface area contributed by atoms with Crippen LogP contribution in [0.5, 0.6) is 0 Å². The van der Waals surface area contributed by atoms with Gasteiger partial charge in [0, 0.05) is 38.8 Å². The summed E-state index contributed by atoms with van der Waals surface area (Å²) in [5.74, 6) is 0. The van der Waals surface area contributed by atoms with Gasteiger partial charge in [-0.05, 0) is 105 Å². The smallest absolute Gasteiger partial charge is 0.145 e. The number of anilines is 3. The zero-order valence-corrected chi connectivity index (χ0v) is 33.2. The summed E-state index contributed by atoms with van der Waals surface area (Å²) in [7, 11) is 0. The molecule has 2 heterocycles. The molecule has 61 heavy (non-hydrogen) atoms. The minimum Gasteiger partial charge on any atom is -0.455 e. The summed E-state index contributed by atoms with van der Waals surface area (Å²) < 4.78 is 9.28. The molecule has 0 aliphatic rings. The van der Waals surface area contributed by atoms with Gasteiger partial charge in [-0.25, -0.2) is 0 Å². The van der Waals surface area contributed by atoms with E-state index in [4.69, 9.17) is 4.42 Å². The average molecular weight is 779 g/mol. The summed E-state index contributed by atoms with van der Waals surface area (Å²) in [6.45, 7) is 0. The number of nitrogens with zero attached hydrogens (tertiary/aromatic N) is 2. The maximum atomic E-state index is 6.92. The third-order valence-electron chi connectivity index (χ3n) is 12.2. The van der Waals surface area contributed by atoms with Crippen LogP contribution in [0.25, 0.3) is 93.6 Å². The maximum Gasteiger partial charge on any atom is 0.145 e. The Balaban J connectivity index is 1.06. The van der Waals surface area contributed by atoms with Crippen molar-refractivity contribution in [2.75, 3.05) is 4.90 Å². The van der Waals surface area contributed by atoms with Gasteiger partial charge in [0.25, 0.3) is 0 Å².